The van der Waals surface area contributed by atoms with Gasteiger partial charge in [-0.1, -0.05) is 6.92 Å². The lowest BCUT2D eigenvalue weighted by Gasteiger charge is -2.50. The number of ether oxygens (including phenoxy) is 1. The third-order valence-corrected chi connectivity index (χ3v) is 5.42. The highest BCUT2D eigenvalue weighted by molar-refractivity contribution is 5.23. The standard InChI is InChI=1S/C14H22N2O2/c1-2-10-8-16-6-5-14(10,17)13(9-15)7-11-3-4-12(13)18-11/h10-12,16-17H,2-8H2,1H3. The molecule has 0 amide bonds. The monoisotopic (exact) mass is 250 g/mol. The van der Waals surface area contributed by atoms with E-state index in [-0.39, 0.29) is 18.1 Å². The lowest BCUT2D eigenvalue weighted by Crippen LogP contribution is -2.62. The second-order valence-corrected chi connectivity index (χ2v) is 6.09. The number of nitrogens with one attached hydrogen (secondary N) is 1. The Labute approximate surface area is 108 Å². The molecule has 4 heteroatoms. The van der Waals surface area contributed by atoms with Crippen molar-refractivity contribution in [1.82, 2.24) is 5.32 Å². The van der Waals surface area contributed by atoms with Gasteiger partial charge in [-0.3, -0.25) is 0 Å². The molecule has 2 N–H and O–H groups in total. The highest BCUT2D eigenvalue weighted by Gasteiger charge is 2.65. The number of aliphatic hydroxyl groups is 1. The molecule has 5 atom stereocenters. The maximum atomic E-state index is 11.3. The molecule has 0 aromatic carbocycles. The highest BCUT2D eigenvalue weighted by atomic mass is 16.5. The quantitative estimate of drug-likeness (QED) is 0.773. The molecule has 3 aliphatic heterocycles. The van der Waals surface area contributed by atoms with Crippen LogP contribution < -0.4 is 5.32 Å². The first kappa shape index (κ1) is 12.4. The Balaban J connectivity index is 1.97. The Morgan fingerprint density at radius 1 is 1.50 bits per heavy atom. The maximum absolute atomic E-state index is 11.3. The van der Waals surface area contributed by atoms with Gasteiger partial charge in [-0.05, 0) is 38.6 Å². The topological polar surface area (TPSA) is 65.3 Å². The average Bonchev–Trinajstić information content (AvgIpc) is 3.00. The Morgan fingerprint density at radius 3 is 2.89 bits per heavy atom. The van der Waals surface area contributed by atoms with E-state index in [4.69, 9.17) is 4.74 Å². The SMILES string of the molecule is CCC1CNCCC1(O)C1(C#N)CC2CCC1O2. The molecule has 3 saturated heterocycles. The molecular weight excluding hydrogens is 228 g/mol. The van der Waals surface area contributed by atoms with Gasteiger partial charge in [0.25, 0.3) is 0 Å². The average molecular weight is 250 g/mol. The molecule has 0 saturated carbocycles. The van der Waals surface area contributed by atoms with Crippen LogP contribution in [0.3, 0.4) is 0 Å². The van der Waals surface area contributed by atoms with Gasteiger partial charge in [-0.2, -0.15) is 5.26 Å². The second-order valence-electron chi connectivity index (χ2n) is 6.09. The summed E-state index contributed by atoms with van der Waals surface area (Å²) < 4.78 is 5.89. The third-order valence-electron chi connectivity index (χ3n) is 5.42. The lowest BCUT2D eigenvalue weighted by molar-refractivity contribution is -0.139. The van der Waals surface area contributed by atoms with Gasteiger partial charge in [0, 0.05) is 12.5 Å². The van der Waals surface area contributed by atoms with E-state index < -0.39 is 11.0 Å². The molecule has 5 unspecified atom stereocenters. The molecule has 0 aromatic heterocycles. The van der Waals surface area contributed by atoms with Gasteiger partial charge in [0.1, 0.15) is 5.41 Å². The summed E-state index contributed by atoms with van der Waals surface area (Å²) in [7, 11) is 0. The van der Waals surface area contributed by atoms with Crippen molar-refractivity contribution in [3.63, 3.8) is 0 Å². The summed E-state index contributed by atoms with van der Waals surface area (Å²) in [5.74, 6) is 0.161. The summed E-state index contributed by atoms with van der Waals surface area (Å²) in [5.41, 5.74) is -1.54. The molecule has 18 heavy (non-hydrogen) atoms. The largest absolute Gasteiger partial charge is 0.388 e. The molecule has 4 nitrogen and oxygen atoms in total. The van der Waals surface area contributed by atoms with Gasteiger partial charge >= 0.3 is 0 Å². The van der Waals surface area contributed by atoms with Gasteiger partial charge in [0.15, 0.2) is 0 Å². The summed E-state index contributed by atoms with van der Waals surface area (Å²) in [4.78, 5) is 0. The van der Waals surface area contributed by atoms with Crippen molar-refractivity contribution in [2.45, 2.75) is 56.8 Å². The van der Waals surface area contributed by atoms with Gasteiger partial charge < -0.3 is 15.2 Å². The van der Waals surface area contributed by atoms with Gasteiger partial charge in [0.2, 0.25) is 0 Å². The minimum Gasteiger partial charge on any atom is -0.388 e. The maximum Gasteiger partial charge on any atom is 0.115 e. The van der Waals surface area contributed by atoms with E-state index in [1.165, 1.54) is 0 Å². The van der Waals surface area contributed by atoms with Crippen molar-refractivity contribution in [2.75, 3.05) is 13.1 Å². The Kier molecular flexibility index (Phi) is 2.89. The van der Waals surface area contributed by atoms with Crippen LogP contribution in [-0.4, -0.2) is 36.0 Å². The number of rotatable bonds is 2. The Bertz CT molecular complexity index is 380. The summed E-state index contributed by atoms with van der Waals surface area (Å²) in [6.07, 6.45) is 4.44. The first-order valence-corrected chi connectivity index (χ1v) is 7.16. The van der Waals surface area contributed by atoms with Crippen molar-refractivity contribution < 1.29 is 9.84 Å². The molecule has 3 aliphatic rings. The number of nitrogens with zero attached hydrogens (tertiary/aromatic N) is 1. The van der Waals surface area contributed by atoms with Crippen LogP contribution in [0.4, 0.5) is 0 Å². The molecule has 100 valence electrons. The van der Waals surface area contributed by atoms with Crippen LogP contribution in [0.2, 0.25) is 0 Å². The predicted molar refractivity (Wildman–Crippen MR) is 66.8 cm³/mol. The summed E-state index contributed by atoms with van der Waals surface area (Å²) >= 11 is 0. The zero-order valence-corrected chi connectivity index (χ0v) is 11.0. The Morgan fingerprint density at radius 2 is 2.33 bits per heavy atom. The molecule has 0 aliphatic carbocycles. The smallest absolute Gasteiger partial charge is 0.115 e. The van der Waals surface area contributed by atoms with Gasteiger partial charge in [0.05, 0.1) is 23.9 Å². The number of nitriles is 1. The van der Waals surface area contributed by atoms with Crippen LogP contribution >= 0.6 is 0 Å². The van der Waals surface area contributed by atoms with Crippen LogP contribution in [0.25, 0.3) is 0 Å². The van der Waals surface area contributed by atoms with Gasteiger partial charge in [-0.15, -0.1) is 0 Å². The molecule has 3 rings (SSSR count). The van der Waals surface area contributed by atoms with Crippen molar-refractivity contribution >= 4 is 0 Å². The van der Waals surface area contributed by atoms with Crippen molar-refractivity contribution in [3.8, 4) is 6.07 Å². The minimum absolute atomic E-state index is 0.0513. The first-order chi connectivity index (χ1) is 8.66. The zero-order chi connectivity index (χ0) is 12.8. The van der Waals surface area contributed by atoms with Gasteiger partial charge in [-0.25, -0.2) is 0 Å². The molecule has 0 aromatic rings. The highest BCUT2D eigenvalue weighted by Crippen LogP contribution is 2.57. The first-order valence-electron chi connectivity index (χ1n) is 7.16. The molecule has 3 fully saturated rings. The van der Waals surface area contributed by atoms with E-state index in [9.17, 15) is 10.4 Å². The molecule has 0 radical (unpaired) electrons. The number of hydrogen-bond acceptors (Lipinski definition) is 4. The fraction of sp³-hybridized carbons (Fsp3) is 0.929. The Hall–Kier alpha value is -0.630. The number of fused-ring (bicyclic) bond motifs is 2. The van der Waals surface area contributed by atoms with Crippen LogP contribution in [0, 0.1) is 22.7 Å². The van der Waals surface area contributed by atoms with Crippen LogP contribution in [0.15, 0.2) is 0 Å². The molecule has 3 heterocycles. The molecule has 2 bridgehead atoms. The second kappa shape index (κ2) is 4.19. The van der Waals surface area contributed by atoms with E-state index in [1.807, 2.05) is 0 Å². The van der Waals surface area contributed by atoms with E-state index in [1.54, 1.807) is 0 Å². The van der Waals surface area contributed by atoms with Crippen LogP contribution in [0.5, 0.6) is 0 Å². The van der Waals surface area contributed by atoms with E-state index >= 15 is 0 Å². The molecular formula is C14H22N2O2. The predicted octanol–water partition coefficient (Wildman–Crippen LogP) is 1.20. The van der Waals surface area contributed by atoms with E-state index in [0.717, 1.165) is 38.8 Å². The van der Waals surface area contributed by atoms with Crippen LogP contribution in [-0.2, 0) is 4.74 Å². The van der Waals surface area contributed by atoms with E-state index in [0.29, 0.717) is 6.42 Å². The lowest BCUT2D eigenvalue weighted by atomic mass is 9.57. The number of hydrogen-bond donors (Lipinski definition) is 2. The zero-order valence-electron chi connectivity index (χ0n) is 11.0. The normalized spacial score (nSPS) is 51.3. The molecule has 0 spiro atoms. The minimum atomic E-state index is -0.873. The summed E-state index contributed by atoms with van der Waals surface area (Å²) in [5, 5.41) is 24.4. The third kappa shape index (κ3) is 1.41. The summed E-state index contributed by atoms with van der Waals surface area (Å²) in [6, 6.07) is 2.48. The van der Waals surface area contributed by atoms with Crippen molar-refractivity contribution in [2.24, 2.45) is 11.3 Å². The summed E-state index contributed by atoms with van der Waals surface area (Å²) in [6.45, 7) is 3.71. The fourth-order valence-corrected chi connectivity index (χ4v) is 4.38. The van der Waals surface area contributed by atoms with Crippen molar-refractivity contribution in [1.29, 1.82) is 5.26 Å². The fourth-order valence-electron chi connectivity index (χ4n) is 4.38. The number of piperidine rings is 1. The van der Waals surface area contributed by atoms with Crippen LogP contribution in [0.1, 0.15) is 39.0 Å². The van der Waals surface area contributed by atoms with Crippen molar-refractivity contribution in [3.05, 3.63) is 0 Å². The van der Waals surface area contributed by atoms with E-state index in [2.05, 4.69) is 18.3 Å².